The molecule has 0 aromatic heterocycles. The van der Waals surface area contributed by atoms with Crippen LogP contribution in [0.4, 0.5) is 0 Å². The standard InChI is InChI=1S/C21H18Cl2O2S/c22-19-10-6-17(7-11-19)21(24,18-8-12-20(23)13-9-18)15-26(25)14-16-4-2-1-3-5-16/h1-13,24H,14-15H2/t26-/m1/s1. The minimum absolute atomic E-state index is 0.0746. The van der Waals surface area contributed by atoms with Gasteiger partial charge in [-0.05, 0) is 41.0 Å². The lowest BCUT2D eigenvalue weighted by molar-refractivity contribution is 0.106. The van der Waals surface area contributed by atoms with Crippen LogP contribution in [0.2, 0.25) is 10.0 Å². The molecular weight excluding hydrogens is 387 g/mol. The van der Waals surface area contributed by atoms with E-state index in [4.69, 9.17) is 23.2 Å². The summed E-state index contributed by atoms with van der Waals surface area (Å²) in [5.41, 5.74) is 0.867. The molecule has 0 unspecified atom stereocenters. The molecular formula is C21H18Cl2O2S. The average molecular weight is 405 g/mol. The van der Waals surface area contributed by atoms with Gasteiger partial charge in [-0.1, -0.05) is 77.8 Å². The topological polar surface area (TPSA) is 37.3 Å². The van der Waals surface area contributed by atoms with Gasteiger partial charge in [0.15, 0.2) is 0 Å². The molecule has 0 fully saturated rings. The molecule has 0 radical (unpaired) electrons. The Bertz CT molecular complexity index is 833. The fourth-order valence-electron chi connectivity index (χ4n) is 2.83. The molecule has 3 aromatic rings. The second-order valence-corrected chi connectivity index (χ2v) is 8.42. The van der Waals surface area contributed by atoms with Crippen LogP contribution in [0.1, 0.15) is 16.7 Å². The maximum atomic E-state index is 12.8. The molecule has 0 amide bonds. The molecule has 1 N–H and O–H groups in total. The van der Waals surface area contributed by atoms with Crippen LogP contribution in [0.3, 0.4) is 0 Å². The molecule has 3 rings (SSSR count). The fraction of sp³-hybridized carbons (Fsp3) is 0.143. The van der Waals surface area contributed by atoms with Crippen LogP contribution in [-0.4, -0.2) is 15.1 Å². The zero-order valence-corrected chi connectivity index (χ0v) is 16.3. The van der Waals surface area contributed by atoms with E-state index < -0.39 is 16.4 Å². The minimum Gasteiger partial charge on any atom is -0.379 e. The predicted molar refractivity (Wildman–Crippen MR) is 109 cm³/mol. The molecule has 134 valence electrons. The summed E-state index contributed by atoms with van der Waals surface area (Å²) < 4.78 is 12.8. The lowest BCUT2D eigenvalue weighted by atomic mass is 9.88. The Kier molecular flexibility index (Phi) is 6.15. The van der Waals surface area contributed by atoms with Gasteiger partial charge in [-0.15, -0.1) is 0 Å². The average Bonchev–Trinajstić information content (AvgIpc) is 2.63. The third kappa shape index (κ3) is 4.54. The van der Waals surface area contributed by atoms with Gasteiger partial charge in [0.05, 0.1) is 5.75 Å². The lowest BCUT2D eigenvalue weighted by Crippen LogP contribution is -2.34. The lowest BCUT2D eigenvalue weighted by Gasteiger charge is -2.29. The van der Waals surface area contributed by atoms with Crippen LogP contribution in [0.15, 0.2) is 78.9 Å². The highest BCUT2D eigenvalue weighted by molar-refractivity contribution is 7.84. The summed E-state index contributed by atoms with van der Waals surface area (Å²) in [6, 6.07) is 23.5. The van der Waals surface area contributed by atoms with Gasteiger partial charge in [0.2, 0.25) is 0 Å². The van der Waals surface area contributed by atoms with Crippen molar-refractivity contribution in [3.8, 4) is 0 Å². The number of benzene rings is 3. The summed E-state index contributed by atoms with van der Waals surface area (Å²) in [5, 5.41) is 12.7. The van der Waals surface area contributed by atoms with Gasteiger partial charge >= 0.3 is 0 Å². The maximum Gasteiger partial charge on any atom is 0.126 e. The van der Waals surface area contributed by atoms with E-state index in [1.165, 1.54) is 0 Å². The molecule has 0 aliphatic heterocycles. The molecule has 0 saturated carbocycles. The molecule has 3 aromatic carbocycles. The largest absolute Gasteiger partial charge is 0.379 e. The fourth-order valence-corrected chi connectivity index (χ4v) is 4.55. The number of hydrogen-bond donors (Lipinski definition) is 1. The minimum atomic E-state index is -1.39. The van der Waals surface area contributed by atoms with Gasteiger partial charge in [-0.25, -0.2) is 0 Å². The zero-order chi connectivity index (χ0) is 18.6. The second-order valence-electron chi connectivity index (χ2n) is 6.09. The van der Waals surface area contributed by atoms with E-state index in [0.29, 0.717) is 26.9 Å². The summed E-state index contributed by atoms with van der Waals surface area (Å²) in [5.74, 6) is 0.454. The first-order valence-corrected chi connectivity index (χ1v) is 10.4. The van der Waals surface area contributed by atoms with Crippen molar-refractivity contribution in [2.45, 2.75) is 11.4 Å². The van der Waals surface area contributed by atoms with Crippen LogP contribution >= 0.6 is 23.2 Å². The highest BCUT2D eigenvalue weighted by atomic mass is 35.5. The van der Waals surface area contributed by atoms with Gasteiger partial charge in [0, 0.05) is 26.6 Å². The normalized spacial score (nSPS) is 12.7. The molecule has 26 heavy (non-hydrogen) atoms. The smallest absolute Gasteiger partial charge is 0.126 e. The third-order valence-electron chi connectivity index (χ3n) is 4.18. The first kappa shape index (κ1) is 19.1. The van der Waals surface area contributed by atoms with E-state index in [1.807, 2.05) is 30.3 Å². The summed E-state index contributed by atoms with van der Waals surface area (Å²) in [6.45, 7) is 0. The molecule has 0 heterocycles. The van der Waals surface area contributed by atoms with E-state index in [9.17, 15) is 9.32 Å². The summed E-state index contributed by atoms with van der Waals surface area (Å²) in [4.78, 5) is 0. The van der Waals surface area contributed by atoms with E-state index in [-0.39, 0.29) is 5.75 Å². The van der Waals surface area contributed by atoms with E-state index in [2.05, 4.69) is 0 Å². The Morgan fingerprint density at radius 2 is 1.23 bits per heavy atom. The van der Waals surface area contributed by atoms with Gasteiger partial charge < -0.3 is 5.11 Å². The molecule has 2 nitrogen and oxygen atoms in total. The maximum absolute atomic E-state index is 12.8. The summed E-state index contributed by atoms with van der Waals surface area (Å²) in [7, 11) is -1.27. The van der Waals surface area contributed by atoms with Crippen LogP contribution in [0.5, 0.6) is 0 Å². The van der Waals surface area contributed by atoms with Crippen LogP contribution < -0.4 is 0 Å². The Balaban J connectivity index is 1.93. The number of rotatable bonds is 6. The van der Waals surface area contributed by atoms with Gasteiger partial charge in [-0.2, -0.15) is 0 Å². The van der Waals surface area contributed by atoms with Gasteiger partial charge in [-0.3, -0.25) is 4.21 Å². The Morgan fingerprint density at radius 1 is 0.769 bits per heavy atom. The Hall–Kier alpha value is -1.65. The van der Waals surface area contributed by atoms with E-state index >= 15 is 0 Å². The number of halogens is 2. The van der Waals surface area contributed by atoms with Crippen LogP contribution in [-0.2, 0) is 22.2 Å². The Labute approximate surface area is 165 Å². The highest BCUT2D eigenvalue weighted by Gasteiger charge is 2.33. The first-order valence-electron chi connectivity index (χ1n) is 8.11. The SMILES string of the molecule is O=[S@](Cc1ccccc1)CC(O)(c1ccc(Cl)cc1)c1ccc(Cl)cc1. The molecule has 5 heteroatoms. The predicted octanol–water partition coefficient (Wildman–Crippen LogP) is 5.18. The van der Waals surface area contributed by atoms with Crippen molar-refractivity contribution in [3.63, 3.8) is 0 Å². The molecule has 0 saturated heterocycles. The molecule has 1 atom stereocenters. The van der Waals surface area contributed by atoms with Crippen molar-refractivity contribution in [1.29, 1.82) is 0 Å². The van der Waals surface area contributed by atoms with Crippen molar-refractivity contribution < 1.29 is 9.32 Å². The summed E-state index contributed by atoms with van der Waals surface area (Å²) >= 11 is 12.0. The third-order valence-corrected chi connectivity index (χ3v) is 6.08. The zero-order valence-electron chi connectivity index (χ0n) is 13.9. The highest BCUT2D eigenvalue weighted by Crippen LogP contribution is 2.32. The van der Waals surface area contributed by atoms with E-state index in [0.717, 1.165) is 5.56 Å². The van der Waals surface area contributed by atoms with E-state index in [1.54, 1.807) is 48.5 Å². The van der Waals surface area contributed by atoms with Crippen molar-refractivity contribution >= 4 is 34.0 Å². The van der Waals surface area contributed by atoms with Gasteiger partial charge in [0.25, 0.3) is 0 Å². The second kappa shape index (κ2) is 8.36. The first-order chi connectivity index (χ1) is 12.5. The quantitative estimate of drug-likeness (QED) is 0.614. The van der Waals surface area contributed by atoms with Crippen molar-refractivity contribution in [2.75, 3.05) is 5.75 Å². The molecule has 0 bridgehead atoms. The Morgan fingerprint density at radius 3 is 1.69 bits per heavy atom. The molecule has 0 spiro atoms. The van der Waals surface area contributed by atoms with Crippen molar-refractivity contribution in [3.05, 3.63) is 106 Å². The van der Waals surface area contributed by atoms with Crippen molar-refractivity contribution in [2.24, 2.45) is 0 Å². The van der Waals surface area contributed by atoms with Crippen molar-refractivity contribution in [1.82, 2.24) is 0 Å². The summed E-state index contributed by atoms with van der Waals surface area (Å²) in [6.07, 6.45) is 0. The molecule has 0 aliphatic carbocycles. The van der Waals surface area contributed by atoms with Crippen LogP contribution in [0.25, 0.3) is 0 Å². The molecule has 0 aliphatic rings. The monoisotopic (exact) mass is 404 g/mol. The van der Waals surface area contributed by atoms with Gasteiger partial charge in [0.1, 0.15) is 5.60 Å². The number of aliphatic hydroxyl groups is 1. The van der Waals surface area contributed by atoms with Crippen LogP contribution in [0, 0.1) is 0 Å². The number of hydrogen-bond acceptors (Lipinski definition) is 2.